The molecule has 3 rings (SSSR count). The molecule has 2 aromatic heterocycles. The molecule has 0 fully saturated rings. The molecular weight excluding hydrogens is 304 g/mol. The molecule has 5 heteroatoms. The Morgan fingerprint density at radius 1 is 1.17 bits per heavy atom. The zero-order chi connectivity index (χ0) is 16.8. The lowest BCUT2D eigenvalue weighted by molar-refractivity contribution is 0.0707. The summed E-state index contributed by atoms with van der Waals surface area (Å²) in [5.41, 5.74) is 3.34. The Hall–Kier alpha value is -2.92. The molecule has 0 spiro atoms. The fraction of sp³-hybridized carbons (Fsp3) is 0.158. The second kappa shape index (κ2) is 7.57. The quantitative estimate of drug-likeness (QED) is 0.757. The first-order valence-electron chi connectivity index (χ1n) is 7.69. The van der Waals surface area contributed by atoms with E-state index in [1.807, 2.05) is 36.4 Å². The van der Waals surface area contributed by atoms with Gasteiger partial charge in [0.15, 0.2) is 0 Å². The first-order chi connectivity index (χ1) is 11.8. The molecule has 1 aromatic carbocycles. The number of hydrogen-bond acceptors (Lipinski definition) is 4. The minimum atomic E-state index is -0.127. The second-order valence-corrected chi connectivity index (χ2v) is 5.40. The van der Waals surface area contributed by atoms with Crippen molar-refractivity contribution in [1.29, 1.82) is 0 Å². The van der Waals surface area contributed by atoms with Gasteiger partial charge in [0.2, 0.25) is 0 Å². The molecule has 0 unspecified atom stereocenters. The number of aromatic nitrogens is 1. The highest BCUT2D eigenvalue weighted by molar-refractivity contribution is 5.95. The minimum Gasteiger partial charge on any atom is -0.472 e. The van der Waals surface area contributed by atoms with Crippen LogP contribution in [0.3, 0.4) is 0 Å². The number of hydrogen-bond donors (Lipinski definition) is 1. The van der Waals surface area contributed by atoms with Gasteiger partial charge in [-0.05, 0) is 35.4 Å². The molecule has 1 amide bonds. The van der Waals surface area contributed by atoms with Crippen molar-refractivity contribution < 1.29 is 14.3 Å². The SMILES string of the molecule is O=C(c1cccc(-c2ccoc2)c1)N(CCO)Cc1cccnc1. The van der Waals surface area contributed by atoms with Crippen LogP contribution < -0.4 is 0 Å². The monoisotopic (exact) mass is 322 g/mol. The molecule has 0 bridgehead atoms. The van der Waals surface area contributed by atoms with Gasteiger partial charge >= 0.3 is 0 Å². The van der Waals surface area contributed by atoms with Gasteiger partial charge in [-0.15, -0.1) is 0 Å². The molecule has 0 aliphatic carbocycles. The van der Waals surface area contributed by atoms with E-state index in [0.29, 0.717) is 12.1 Å². The van der Waals surface area contributed by atoms with Crippen molar-refractivity contribution >= 4 is 5.91 Å². The number of nitrogens with zero attached hydrogens (tertiary/aromatic N) is 2. The minimum absolute atomic E-state index is 0.0899. The van der Waals surface area contributed by atoms with Crippen molar-refractivity contribution in [2.24, 2.45) is 0 Å². The van der Waals surface area contributed by atoms with Crippen LogP contribution in [0.2, 0.25) is 0 Å². The number of aliphatic hydroxyl groups excluding tert-OH is 1. The van der Waals surface area contributed by atoms with Gasteiger partial charge in [0.05, 0.1) is 19.1 Å². The lowest BCUT2D eigenvalue weighted by Gasteiger charge is -2.22. The third-order valence-corrected chi connectivity index (χ3v) is 3.72. The summed E-state index contributed by atoms with van der Waals surface area (Å²) in [4.78, 5) is 18.5. The third kappa shape index (κ3) is 3.70. The fourth-order valence-electron chi connectivity index (χ4n) is 2.53. The number of rotatable bonds is 6. The van der Waals surface area contributed by atoms with E-state index >= 15 is 0 Å². The molecule has 1 N–H and O–H groups in total. The Balaban J connectivity index is 1.83. The van der Waals surface area contributed by atoms with Crippen LogP contribution in [0.5, 0.6) is 0 Å². The second-order valence-electron chi connectivity index (χ2n) is 5.40. The number of amides is 1. The number of furan rings is 1. The van der Waals surface area contributed by atoms with E-state index in [2.05, 4.69) is 4.98 Å². The van der Waals surface area contributed by atoms with Gasteiger partial charge in [-0.25, -0.2) is 0 Å². The highest BCUT2D eigenvalue weighted by Gasteiger charge is 2.16. The van der Waals surface area contributed by atoms with E-state index < -0.39 is 0 Å². The Morgan fingerprint density at radius 3 is 2.79 bits per heavy atom. The summed E-state index contributed by atoms with van der Waals surface area (Å²) in [5.74, 6) is -0.127. The summed E-state index contributed by atoms with van der Waals surface area (Å²) in [7, 11) is 0. The van der Waals surface area contributed by atoms with Crippen molar-refractivity contribution in [2.45, 2.75) is 6.54 Å². The van der Waals surface area contributed by atoms with E-state index in [1.165, 1.54) is 0 Å². The van der Waals surface area contributed by atoms with E-state index in [4.69, 9.17) is 4.42 Å². The Morgan fingerprint density at radius 2 is 2.08 bits per heavy atom. The van der Waals surface area contributed by atoms with Gasteiger partial charge < -0.3 is 14.4 Å². The molecule has 0 atom stereocenters. The van der Waals surface area contributed by atoms with Crippen molar-refractivity contribution in [3.8, 4) is 11.1 Å². The zero-order valence-electron chi connectivity index (χ0n) is 13.1. The molecule has 5 nitrogen and oxygen atoms in total. The molecule has 0 radical (unpaired) electrons. The molecular formula is C19H18N2O3. The van der Waals surface area contributed by atoms with Crippen LogP contribution in [0.15, 0.2) is 71.8 Å². The van der Waals surface area contributed by atoms with E-state index in [0.717, 1.165) is 16.7 Å². The normalized spacial score (nSPS) is 10.5. The fourth-order valence-corrected chi connectivity index (χ4v) is 2.53. The van der Waals surface area contributed by atoms with Crippen LogP contribution in [0.25, 0.3) is 11.1 Å². The number of benzene rings is 1. The summed E-state index contributed by atoms with van der Waals surface area (Å²) in [6.45, 7) is 0.584. The van der Waals surface area contributed by atoms with Gasteiger partial charge in [0.1, 0.15) is 0 Å². The number of carbonyl (C=O) groups excluding carboxylic acids is 1. The average molecular weight is 322 g/mol. The van der Waals surface area contributed by atoms with Crippen molar-refractivity contribution in [2.75, 3.05) is 13.2 Å². The zero-order valence-corrected chi connectivity index (χ0v) is 13.1. The van der Waals surface area contributed by atoms with Crippen molar-refractivity contribution in [3.05, 3.63) is 78.5 Å². The maximum Gasteiger partial charge on any atom is 0.254 e. The van der Waals surface area contributed by atoms with Gasteiger partial charge in [-0.3, -0.25) is 9.78 Å². The van der Waals surface area contributed by atoms with Crippen LogP contribution >= 0.6 is 0 Å². The summed E-state index contributed by atoms with van der Waals surface area (Å²) in [5, 5.41) is 9.29. The van der Waals surface area contributed by atoms with Crippen LogP contribution in [0.4, 0.5) is 0 Å². The number of carbonyl (C=O) groups is 1. The smallest absolute Gasteiger partial charge is 0.254 e. The molecule has 3 aromatic rings. The highest BCUT2D eigenvalue weighted by atomic mass is 16.3. The molecule has 2 heterocycles. The number of aliphatic hydroxyl groups is 1. The summed E-state index contributed by atoms with van der Waals surface area (Å²) >= 11 is 0. The Kier molecular flexibility index (Phi) is 5.03. The average Bonchev–Trinajstić information content (AvgIpc) is 3.16. The summed E-state index contributed by atoms with van der Waals surface area (Å²) < 4.78 is 5.10. The van der Waals surface area contributed by atoms with Gasteiger partial charge in [0, 0.05) is 36.6 Å². The Labute approximate surface area is 140 Å². The van der Waals surface area contributed by atoms with Crippen molar-refractivity contribution in [1.82, 2.24) is 9.88 Å². The first kappa shape index (κ1) is 16.0. The van der Waals surface area contributed by atoms with Crippen LogP contribution in [-0.2, 0) is 6.54 Å². The summed E-state index contributed by atoms with van der Waals surface area (Å²) in [6, 6.07) is 13.0. The van der Waals surface area contributed by atoms with E-state index in [9.17, 15) is 9.90 Å². The molecule has 0 aliphatic heterocycles. The standard InChI is InChI=1S/C19H18N2O3/c22-9-8-21(13-15-3-2-7-20-12-15)19(23)17-5-1-4-16(11-17)18-6-10-24-14-18/h1-7,10-12,14,22H,8-9,13H2. The number of pyridine rings is 1. The maximum atomic E-state index is 12.8. The largest absolute Gasteiger partial charge is 0.472 e. The topological polar surface area (TPSA) is 66.6 Å². The van der Waals surface area contributed by atoms with Crippen LogP contribution in [0, 0.1) is 0 Å². The van der Waals surface area contributed by atoms with Crippen LogP contribution in [-0.4, -0.2) is 34.0 Å². The van der Waals surface area contributed by atoms with Gasteiger partial charge in [0.25, 0.3) is 5.91 Å². The summed E-state index contributed by atoms with van der Waals surface area (Å²) in [6.07, 6.45) is 6.66. The highest BCUT2D eigenvalue weighted by Crippen LogP contribution is 2.21. The first-order valence-corrected chi connectivity index (χ1v) is 7.69. The maximum absolute atomic E-state index is 12.8. The Bertz CT molecular complexity index is 785. The van der Waals surface area contributed by atoms with E-state index in [-0.39, 0.29) is 19.1 Å². The lowest BCUT2D eigenvalue weighted by Crippen LogP contribution is -2.33. The molecule has 122 valence electrons. The third-order valence-electron chi connectivity index (χ3n) is 3.72. The van der Waals surface area contributed by atoms with Gasteiger partial charge in [-0.2, -0.15) is 0 Å². The molecule has 0 saturated heterocycles. The van der Waals surface area contributed by atoms with Crippen LogP contribution in [0.1, 0.15) is 15.9 Å². The molecule has 24 heavy (non-hydrogen) atoms. The molecule has 0 aliphatic rings. The van der Waals surface area contributed by atoms with Gasteiger partial charge in [-0.1, -0.05) is 18.2 Å². The van der Waals surface area contributed by atoms with Crippen molar-refractivity contribution in [3.63, 3.8) is 0 Å². The van der Waals surface area contributed by atoms with E-state index in [1.54, 1.807) is 35.9 Å². The lowest BCUT2D eigenvalue weighted by atomic mass is 10.0. The predicted molar refractivity (Wildman–Crippen MR) is 90.2 cm³/mol. The predicted octanol–water partition coefficient (Wildman–Crippen LogP) is 2.98. The molecule has 0 saturated carbocycles.